The molecule has 0 aliphatic heterocycles. The minimum Gasteiger partial charge on any atom is -0.355 e. The van der Waals surface area contributed by atoms with Crippen LogP contribution in [0.2, 0.25) is 0 Å². The molecule has 2 N–H and O–H groups in total. The topological polar surface area (TPSA) is 41.1 Å². The summed E-state index contributed by atoms with van der Waals surface area (Å²) in [7, 11) is 0. The summed E-state index contributed by atoms with van der Waals surface area (Å²) in [6.07, 6.45) is 3.89. The van der Waals surface area contributed by atoms with Gasteiger partial charge in [0.15, 0.2) is 0 Å². The van der Waals surface area contributed by atoms with Crippen molar-refractivity contribution in [1.82, 2.24) is 10.6 Å². The maximum Gasteiger partial charge on any atom is 0.222 e. The number of carbonyl (C=O) groups is 1. The van der Waals surface area contributed by atoms with Gasteiger partial charge >= 0.3 is 0 Å². The highest BCUT2D eigenvalue weighted by molar-refractivity contribution is 5.77. The molecule has 1 fully saturated rings. The van der Waals surface area contributed by atoms with E-state index >= 15 is 0 Å². The minimum atomic E-state index is 0.0885. The lowest BCUT2D eigenvalue weighted by Crippen LogP contribution is -2.41. The Labute approximate surface area is 106 Å². The van der Waals surface area contributed by atoms with Crippen LogP contribution in [-0.4, -0.2) is 25.0 Å². The van der Waals surface area contributed by atoms with Gasteiger partial charge in [0, 0.05) is 25.0 Å². The first-order valence-corrected chi connectivity index (χ1v) is 7.01. The Morgan fingerprint density at radius 3 is 2.47 bits per heavy atom. The molecule has 0 heterocycles. The molecular formula is C14H28N2O. The van der Waals surface area contributed by atoms with Crippen molar-refractivity contribution in [1.29, 1.82) is 0 Å². The lowest BCUT2D eigenvalue weighted by Gasteiger charge is -2.32. The summed E-state index contributed by atoms with van der Waals surface area (Å²) in [4.78, 5) is 11.4. The third kappa shape index (κ3) is 5.07. The quantitative estimate of drug-likeness (QED) is 0.723. The van der Waals surface area contributed by atoms with Crippen molar-refractivity contribution in [3.05, 3.63) is 0 Å². The van der Waals surface area contributed by atoms with Crippen LogP contribution < -0.4 is 10.6 Å². The second-order valence-electron chi connectivity index (χ2n) is 5.86. The van der Waals surface area contributed by atoms with Gasteiger partial charge in [0.1, 0.15) is 0 Å². The highest BCUT2D eigenvalue weighted by Crippen LogP contribution is 2.29. The van der Waals surface area contributed by atoms with Crippen LogP contribution in [0.1, 0.15) is 47.0 Å². The van der Waals surface area contributed by atoms with Gasteiger partial charge in [0.05, 0.1) is 0 Å². The summed E-state index contributed by atoms with van der Waals surface area (Å²) in [6, 6.07) is 0.650. The van der Waals surface area contributed by atoms with Gasteiger partial charge in [-0.05, 0) is 31.1 Å². The maximum absolute atomic E-state index is 11.4. The van der Waals surface area contributed by atoms with Gasteiger partial charge < -0.3 is 10.6 Å². The Bertz CT molecular complexity index is 240. The van der Waals surface area contributed by atoms with Gasteiger partial charge in [0.2, 0.25) is 5.91 Å². The molecule has 1 rings (SSSR count). The molecule has 1 aliphatic rings. The van der Waals surface area contributed by atoms with Crippen LogP contribution in [0.5, 0.6) is 0 Å². The van der Waals surface area contributed by atoms with E-state index in [0.29, 0.717) is 6.04 Å². The van der Waals surface area contributed by atoms with Crippen LogP contribution in [0.3, 0.4) is 0 Å². The molecule has 0 bridgehead atoms. The van der Waals surface area contributed by atoms with E-state index in [1.54, 1.807) is 0 Å². The zero-order valence-corrected chi connectivity index (χ0v) is 11.8. The summed E-state index contributed by atoms with van der Waals surface area (Å²) < 4.78 is 0. The minimum absolute atomic E-state index is 0.0885. The number of hydrogen-bond acceptors (Lipinski definition) is 2. The number of nitrogens with one attached hydrogen (secondary N) is 2. The van der Waals surface area contributed by atoms with Gasteiger partial charge in [0.25, 0.3) is 0 Å². The smallest absolute Gasteiger partial charge is 0.222 e. The molecule has 1 amide bonds. The van der Waals surface area contributed by atoms with E-state index < -0.39 is 0 Å². The summed E-state index contributed by atoms with van der Waals surface area (Å²) in [5, 5.41) is 6.49. The fourth-order valence-electron chi connectivity index (χ4n) is 2.40. The highest BCUT2D eigenvalue weighted by atomic mass is 16.1. The molecule has 3 unspecified atom stereocenters. The largest absolute Gasteiger partial charge is 0.355 e. The molecule has 0 aromatic heterocycles. The van der Waals surface area contributed by atoms with Crippen molar-refractivity contribution in [2.24, 2.45) is 17.8 Å². The average Bonchev–Trinajstić information content (AvgIpc) is 2.28. The lowest BCUT2D eigenvalue weighted by atomic mass is 9.79. The monoisotopic (exact) mass is 240 g/mol. The molecule has 1 aliphatic carbocycles. The molecular weight excluding hydrogens is 212 g/mol. The zero-order chi connectivity index (χ0) is 12.8. The number of amides is 1. The van der Waals surface area contributed by atoms with Gasteiger partial charge in [-0.3, -0.25) is 4.79 Å². The first-order chi connectivity index (χ1) is 8.00. The third-order valence-corrected chi connectivity index (χ3v) is 3.98. The molecule has 100 valence electrons. The summed E-state index contributed by atoms with van der Waals surface area (Å²) in [5.41, 5.74) is 0. The number of rotatable bonds is 5. The van der Waals surface area contributed by atoms with Crippen molar-refractivity contribution in [3.63, 3.8) is 0 Å². The van der Waals surface area contributed by atoms with E-state index in [4.69, 9.17) is 0 Å². The molecule has 0 saturated heterocycles. The van der Waals surface area contributed by atoms with E-state index in [9.17, 15) is 4.79 Å². The van der Waals surface area contributed by atoms with E-state index in [1.165, 1.54) is 19.3 Å². The van der Waals surface area contributed by atoms with Crippen molar-refractivity contribution < 1.29 is 4.79 Å². The molecule has 0 radical (unpaired) electrons. The van der Waals surface area contributed by atoms with E-state index in [-0.39, 0.29) is 11.8 Å². The fourth-order valence-corrected chi connectivity index (χ4v) is 2.40. The van der Waals surface area contributed by atoms with Crippen LogP contribution in [0.25, 0.3) is 0 Å². The van der Waals surface area contributed by atoms with Crippen molar-refractivity contribution >= 4 is 5.91 Å². The highest BCUT2D eigenvalue weighted by Gasteiger charge is 2.23. The Morgan fingerprint density at radius 2 is 1.88 bits per heavy atom. The number of hydrogen-bond donors (Lipinski definition) is 2. The van der Waals surface area contributed by atoms with Crippen LogP contribution in [-0.2, 0) is 4.79 Å². The van der Waals surface area contributed by atoms with Crippen LogP contribution in [0.15, 0.2) is 0 Å². The van der Waals surface area contributed by atoms with Crippen molar-refractivity contribution in [2.75, 3.05) is 13.1 Å². The summed E-state index contributed by atoms with van der Waals surface area (Å²) in [5.74, 6) is 1.93. The van der Waals surface area contributed by atoms with E-state index in [0.717, 1.165) is 24.9 Å². The maximum atomic E-state index is 11.4. The van der Waals surface area contributed by atoms with Gasteiger partial charge in [-0.1, -0.05) is 27.7 Å². The second-order valence-corrected chi connectivity index (χ2v) is 5.86. The third-order valence-electron chi connectivity index (χ3n) is 3.98. The fraction of sp³-hybridized carbons (Fsp3) is 0.929. The molecule has 0 spiro atoms. The normalized spacial score (nSPS) is 29.4. The van der Waals surface area contributed by atoms with Gasteiger partial charge in [-0.2, -0.15) is 0 Å². The molecule has 3 atom stereocenters. The lowest BCUT2D eigenvalue weighted by molar-refractivity contribution is -0.123. The average molecular weight is 240 g/mol. The first-order valence-electron chi connectivity index (χ1n) is 7.01. The van der Waals surface area contributed by atoms with Crippen LogP contribution in [0, 0.1) is 17.8 Å². The Kier molecular flexibility index (Phi) is 5.96. The Balaban J connectivity index is 2.09. The van der Waals surface area contributed by atoms with Crippen LogP contribution >= 0.6 is 0 Å². The second kappa shape index (κ2) is 7.00. The summed E-state index contributed by atoms with van der Waals surface area (Å²) >= 11 is 0. The van der Waals surface area contributed by atoms with Crippen molar-refractivity contribution in [3.8, 4) is 0 Å². The van der Waals surface area contributed by atoms with E-state index in [1.807, 2.05) is 13.8 Å². The molecule has 1 saturated carbocycles. The molecule has 0 aromatic rings. The Morgan fingerprint density at radius 1 is 1.18 bits per heavy atom. The molecule has 3 heteroatoms. The standard InChI is InChI=1S/C14H28N2O/c1-10(2)14(17)16-8-7-15-13-6-5-11(3)12(4)9-13/h10-13,15H,5-9H2,1-4H3,(H,16,17). The predicted octanol–water partition coefficient (Wildman–Crippen LogP) is 2.17. The predicted molar refractivity (Wildman–Crippen MR) is 71.8 cm³/mol. The summed E-state index contributed by atoms with van der Waals surface area (Å²) in [6.45, 7) is 10.2. The van der Waals surface area contributed by atoms with Crippen LogP contribution in [0.4, 0.5) is 0 Å². The van der Waals surface area contributed by atoms with Gasteiger partial charge in [-0.15, -0.1) is 0 Å². The number of carbonyl (C=O) groups excluding carboxylic acids is 1. The first kappa shape index (κ1) is 14.5. The SMILES string of the molecule is CC(C)C(=O)NCCNC1CCC(C)C(C)C1. The van der Waals surface area contributed by atoms with Gasteiger partial charge in [-0.25, -0.2) is 0 Å². The Hall–Kier alpha value is -0.570. The molecule has 0 aromatic carbocycles. The zero-order valence-electron chi connectivity index (χ0n) is 11.8. The molecule has 3 nitrogen and oxygen atoms in total. The van der Waals surface area contributed by atoms with E-state index in [2.05, 4.69) is 24.5 Å². The molecule has 17 heavy (non-hydrogen) atoms. The van der Waals surface area contributed by atoms with Crippen molar-refractivity contribution in [2.45, 2.75) is 53.0 Å².